The van der Waals surface area contributed by atoms with E-state index in [2.05, 4.69) is 5.32 Å². The molecule has 26 heavy (non-hydrogen) atoms. The lowest BCUT2D eigenvalue weighted by atomic mass is 10.1. The maximum atomic E-state index is 12.3. The number of nitrogens with zero attached hydrogens (tertiary/aromatic N) is 1. The van der Waals surface area contributed by atoms with Crippen LogP contribution in [-0.2, 0) is 20.9 Å². The zero-order valence-electron chi connectivity index (χ0n) is 15.8. The van der Waals surface area contributed by atoms with E-state index in [1.54, 1.807) is 7.05 Å². The summed E-state index contributed by atoms with van der Waals surface area (Å²) in [6, 6.07) is 13.7. The molecular formula is C21H26N2O3. The van der Waals surface area contributed by atoms with Crippen molar-refractivity contribution in [3.8, 4) is 0 Å². The van der Waals surface area contributed by atoms with E-state index in [1.807, 2.05) is 63.2 Å². The number of nitrogens with one attached hydrogen (secondary N) is 1. The average Bonchev–Trinajstić information content (AvgIpc) is 2.59. The van der Waals surface area contributed by atoms with E-state index in [-0.39, 0.29) is 25.0 Å². The molecule has 0 bridgehead atoms. The van der Waals surface area contributed by atoms with Crippen LogP contribution >= 0.6 is 0 Å². The Hall–Kier alpha value is -2.66. The molecule has 0 radical (unpaired) electrons. The molecule has 2 amide bonds. The SMILES string of the molecule is Cc1cc(C)c(NC(=O)CN(C)C(=O)COCc2ccccc2)c(C)c1. The van der Waals surface area contributed by atoms with Crippen LogP contribution in [0.2, 0.25) is 0 Å². The highest BCUT2D eigenvalue weighted by atomic mass is 16.5. The summed E-state index contributed by atoms with van der Waals surface area (Å²) in [7, 11) is 1.60. The largest absolute Gasteiger partial charge is 0.367 e. The van der Waals surface area contributed by atoms with Crippen LogP contribution < -0.4 is 5.32 Å². The van der Waals surface area contributed by atoms with Gasteiger partial charge >= 0.3 is 0 Å². The minimum Gasteiger partial charge on any atom is -0.367 e. The van der Waals surface area contributed by atoms with Gasteiger partial charge in [-0.3, -0.25) is 9.59 Å². The van der Waals surface area contributed by atoms with Crippen molar-refractivity contribution in [2.45, 2.75) is 27.4 Å². The molecule has 0 aliphatic carbocycles. The molecule has 0 unspecified atom stereocenters. The zero-order valence-corrected chi connectivity index (χ0v) is 15.8. The maximum absolute atomic E-state index is 12.3. The Morgan fingerprint density at radius 2 is 1.65 bits per heavy atom. The van der Waals surface area contributed by atoms with Crippen LogP contribution in [0.3, 0.4) is 0 Å². The summed E-state index contributed by atoms with van der Waals surface area (Å²) in [4.78, 5) is 25.8. The molecule has 2 aromatic rings. The molecule has 5 nitrogen and oxygen atoms in total. The Morgan fingerprint density at radius 3 is 2.27 bits per heavy atom. The number of rotatable bonds is 7. The minimum absolute atomic E-state index is 0.0136. The number of aryl methyl sites for hydroxylation is 3. The molecule has 0 aliphatic heterocycles. The predicted octanol–water partition coefficient (Wildman–Crippen LogP) is 3.23. The van der Waals surface area contributed by atoms with E-state index in [0.29, 0.717) is 6.61 Å². The highest BCUT2D eigenvalue weighted by Crippen LogP contribution is 2.21. The third-order valence-electron chi connectivity index (χ3n) is 4.09. The molecule has 5 heteroatoms. The first kappa shape index (κ1) is 19.7. The number of anilines is 1. The van der Waals surface area contributed by atoms with E-state index in [0.717, 1.165) is 27.9 Å². The standard InChI is InChI=1S/C21H26N2O3/c1-15-10-16(2)21(17(3)11-15)22-19(24)12-23(4)20(25)14-26-13-18-8-6-5-7-9-18/h5-11H,12-14H2,1-4H3,(H,22,24). The van der Waals surface area contributed by atoms with Gasteiger partial charge < -0.3 is 15.0 Å². The van der Waals surface area contributed by atoms with Crippen molar-refractivity contribution in [2.75, 3.05) is 25.5 Å². The summed E-state index contributed by atoms with van der Waals surface area (Å²) in [5.74, 6) is -0.451. The van der Waals surface area contributed by atoms with Gasteiger partial charge in [0.2, 0.25) is 11.8 Å². The van der Waals surface area contributed by atoms with Crippen LogP contribution in [0.1, 0.15) is 22.3 Å². The number of benzene rings is 2. The van der Waals surface area contributed by atoms with Crippen LogP contribution in [-0.4, -0.2) is 36.9 Å². The Labute approximate surface area is 155 Å². The van der Waals surface area contributed by atoms with E-state index in [1.165, 1.54) is 4.90 Å². The van der Waals surface area contributed by atoms with Crippen LogP contribution in [0.5, 0.6) is 0 Å². The maximum Gasteiger partial charge on any atom is 0.248 e. The molecule has 0 heterocycles. The van der Waals surface area contributed by atoms with Crippen molar-refractivity contribution in [1.82, 2.24) is 4.90 Å². The van der Waals surface area contributed by atoms with E-state index in [4.69, 9.17) is 4.74 Å². The predicted molar refractivity (Wildman–Crippen MR) is 103 cm³/mol. The number of hydrogen-bond acceptors (Lipinski definition) is 3. The molecule has 138 valence electrons. The average molecular weight is 354 g/mol. The first-order valence-corrected chi connectivity index (χ1v) is 8.60. The Morgan fingerprint density at radius 1 is 1.04 bits per heavy atom. The number of ether oxygens (including phenoxy) is 1. The highest BCUT2D eigenvalue weighted by molar-refractivity contribution is 5.95. The van der Waals surface area contributed by atoms with Gasteiger partial charge in [-0.25, -0.2) is 0 Å². The fourth-order valence-electron chi connectivity index (χ4n) is 2.80. The minimum atomic E-state index is -0.228. The molecule has 0 atom stereocenters. The third-order valence-corrected chi connectivity index (χ3v) is 4.09. The molecule has 0 saturated carbocycles. The summed E-state index contributed by atoms with van der Waals surface area (Å²) in [5.41, 5.74) is 4.99. The van der Waals surface area contributed by atoms with Gasteiger partial charge in [0.25, 0.3) is 0 Å². The van der Waals surface area contributed by atoms with Crippen LogP contribution in [0.25, 0.3) is 0 Å². The summed E-state index contributed by atoms with van der Waals surface area (Å²) in [6.07, 6.45) is 0. The van der Waals surface area contributed by atoms with Gasteiger partial charge in [0.05, 0.1) is 13.2 Å². The van der Waals surface area contributed by atoms with E-state index < -0.39 is 0 Å². The highest BCUT2D eigenvalue weighted by Gasteiger charge is 2.15. The van der Waals surface area contributed by atoms with Crippen molar-refractivity contribution >= 4 is 17.5 Å². The Bertz CT molecular complexity index is 749. The molecule has 1 N–H and O–H groups in total. The second kappa shape index (κ2) is 9.15. The Kier molecular flexibility index (Phi) is 6.92. The summed E-state index contributed by atoms with van der Waals surface area (Å²) >= 11 is 0. The lowest BCUT2D eigenvalue weighted by Crippen LogP contribution is -2.37. The van der Waals surface area contributed by atoms with E-state index >= 15 is 0 Å². The zero-order chi connectivity index (χ0) is 19.1. The van der Waals surface area contributed by atoms with Crippen molar-refractivity contribution in [2.24, 2.45) is 0 Å². The van der Waals surface area contributed by atoms with Crippen molar-refractivity contribution in [1.29, 1.82) is 0 Å². The third kappa shape index (κ3) is 5.70. The smallest absolute Gasteiger partial charge is 0.248 e. The number of likely N-dealkylation sites (N-methyl/N-ethyl adjacent to an activating group) is 1. The fourth-order valence-corrected chi connectivity index (χ4v) is 2.80. The number of hydrogen-bond donors (Lipinski definition) is 1. The fraction of sp³-hybridized carbons (Fsp3) is 0.333. The first-order chi connectivity index (χ1) is 12.4. The summed E-state index contributed by atoms with van der Waals surface area (Å²) in [6.45, 7) is 6.24. The number of carbonyl (C=O) groups excluding carboxylic acids is 2. The van der Waals surface area contributed by atoms with Gasteiger partial charge in [-0.15, -0.1) is 0 Å². The molecule has 2 rings (SSSR count). The molecular weight excluding hydrogens is 328 g/mol. The van der Waals surface area contributed by atoms with Crippen LogP contribution in [0.15, 0.2) is 42.5 Å². The van der Waals surface area contributed by atoms with Gasteiger partial charge in [0.15, 0.2) is 0 Å². The number of carbonyl (C=O) groups is 2. The first-order valence-electron chi connectivity index (χ1n) is 8.60. The topological polar surface area (TPSA) is 58.6 Å². The molecule has 0 aliphatic rings. The lowest BCUT2D eigenvalue weighted by molar-refractivity contribution is -0.137. The summed E-state index contributed by atoms with van der Waals surface area (Å²) < 4.78 is 5.43. The lowest BCUT2D eigenvalue weighted by Gasteiger charge is -2.18. The molecule has 0 aromatic heterocycles. The second-order valence-electron chi connectivity index (χ2n) is 6.55. The van der Waals surface area contributed by atoms with Crippen LogP contribution in [0, 0.1) is 20.8 Å². The van der Waals surface area contributed by atoms with Crippen molar-refractivity contribution < 1.29 is 14.3 Å². The van der Waals surface area contributed by atoms with Gasteiger partial charge in [0.1, 0.15) is 6.61 Å². The van der Waals surface area contributed by atoms with Crippen molar-refractivity contribution in [3.05, 3.63) is 64.7 Å². The molecule has 0 fully saturated rings. The van der Waals surface area contributed by atoms with Gasteiger partial charge in [-0.05, 0) is 37.5 Å². The summed E-state index contributed by atoms with van der Waals surface area (Å²) in [5, 5.41) is 2.90. The van der Waals surface area contributed by atoms with Crippen LogP contribution in [0.4, 0.5) is 5.69 Å². The van der Waals surface area contributed by atoms with E-state index in [9.17, 15) is 9.59 Å². The van der Waals surface area contributed by atoms with Gasteiger partial charge in [-0.1, -0.05) is 48.0 Å². The molecule has 0 saturated heterocycles. The van der Waals surface area contributed by atoms with Gasteiger partial charge in [0, 0.05) is 12.7 Å². The second-order valence-corrected chi connectivity index (χ2v) is 6.55. The quantitative estimate of drug-likeness (QED) is 0.830. The normalized spacial score (nSPS) is 10.5. The number of amides is 2. The van der Waals surface area contributed by atoms with Gasteiger partial charge in [-0.2, -0.15) is 0 Å². The monoisotopic (exact) mass is 354 g/mol. The molecule has 2 aromatic carbocycles. The van der Waals surface area contributed by atoms with Crippen molar-refractivity contribution in [3.63, 3.8) is 0 Å². The Balaban J connectivity index is 1.82. The molecule has 0 spiro atoms.